The lowest BCUT2D eigenvalue weighted by Gasteiger charge is -2.22. The number of furan rings is 1. The highest BCUT2D eigenvalue weighted by molar-refractivity contribution is 6.06. The molecule has 3 heterocycles. The number of carboxylic acid groups (broad SMARTS) is 1. The van der Waals surface area contributed by atoms with Crippen molar-refractivity contribution in [3.05, 3.63) is 78.4 Å². The predicted octanol–water partition coefficient (Wildman–Crippen LogP) is 5.81. The molecule has 1 amide bonds. The van der Waals surface area contributed by atoms with Crippen molar-refractivity contribution in [2.24, 2.45) is 5.92 Å². The molecule has 41 heavy (non-hydrogen) atoms. The number of hydrogen-bond acceptors (Lipinski definition) is 7. The zero-order chi connectivity index (χ0) is 28.7. The number of aryl methyl sites for hydroxylation is 1. The van der Waals surface area contributed by atoms with E-state index in [1.54, 1.807) is 30.0 Å². The fourth-order valence-electron chi connectivity index (χ4n) is 5.53. The largest absolute Gasteiger partial charge is 0.496 e. The van der Waals surface area contributed by atoms with E-state index in [4.69, 9.17) is 9.15 Å². The molecule has 0 saturated carbocycles. The normalized spacial score (nSPS) is 16.8. The number of carboxylic acids is 1. The summed E-state index contributed by atoms with van der Waals surface area (Å²) >= 11 is 0. The number of aromatic nitrogens is 2. The lowest BCUT2D eigenvalue weighted by molar-refractivity contribution is -0.138. The molecule has 0 aliphatic carbocycles. The molecule has 2 atom stereocenters. The van der Waals surface area contributed by atoms with E-state index in [9.17, 15) is 19.1 Å². The van der Waals surface area contributed by atoms with Gasteiger partial charge in [-0.05, 0) is 61.2 Å². The highest BCUT2D eigenvalue weighted by Crippen LogP contribution is 2.38. The number of para-hydroxylation sites is 1. The number of halogens is 1. The van der Waals surface area contributed by atoms with Gasteiger partial charge in [0.1, 0.15) is 34.5 Å². The minimum Gasteiger partial charge on any atom is -0.496 e. The maximum absolute atomic E-state index is 13.6. The van der Waals surface area contributed by atoms with Crippen LogP contribution in [0.15, 0.2) is 71.1 Å². The molecular weight excluding hydrogens is 527 g/mol. The third kappa shape index (κ3) is 5.04. The molecule has 1 fully saturated rings. The molecule has 1 saturated heterocycles. The first-order chi connectivity index (χ1) is 19.8. The smallest absolute Gasteiger partial charge is 0.326 e. The van der Waals surface area contributed by atoms with Gasteiger partial charge < -0.3 is 24.5 Å². The first kappa shape index (κ1) is 26.2. The summed E-state index contributed by atoms with van der Waals surface area (Å²) < 4.78 is 24.9. The molecule has 6 rings (SSSR count). The first-order valence-electron chi connectivity index (χ1n) is 13.2. The van der Waals surface area contributed by atoms with Gasteiger partial charge in [-0.3, -0.25) is 4.79 Å². The number of benzene rings is 3. The van der Waals surface area contributed by atoms with E-state index in [1.807, 2.05) is 36.4 Å². The second-order valence-corrected chi connectivity index (χ2v) is 10.2. The molecule has 2 aromatic heterocycles. The molecule has 0 radical (unpaired) electrons. The van der Waals surface area contributed by atoms with Crippen molar-refractivity contribution in [1.29, 1.82) is 0 Å². The van der Waals surface area contributed by atoms with E-state index in [1.165, 1.54) is 19.2 Å². The summed E-state index contributed by atoms with van der Waals surface area (Å²) in [6, 6.07) is 18.1. The molecule has 0 spiro atoms. The molecule has 9 nitrogen and oxygen atoms in total. The van der Waals surface area contributed by atoms with Crippen LogP contribution in [-0.2, 0) is 9.59 Å². The standard InChI is InChI=1S/C31H27FN4O5/c1-17-33-28-23-5-3-4-6-25(23)41-29(28)30(34-17)36-16-18(13-24(36)31(38)39)14-27(37)35-21-10-7-19(8-11-21)22-12-9-20(32)15-26(22)40-2/h3-12,15,18,24H,13-14,16H2,1-2H3,(H,35,37)(H,38,39)/t18-,24+/m1/s1. The van der Waals surface area contributed by atoms with Crippen LogP contribution in [0.3, 0.4) is 0 Å². The number of fused-ring (bicyclic) bond motifs is 3. The number of nitrogens with zero attached hydrogens (tertiary/aromatic N) is 3. The zero-order valence-corrected chi connectivity index (χ0v) is 22.4. The lowest BCUT2D eigenvalue weighted by Crippen LogP contribution is -2.36. The van der Waals surface area contributed by atoms with E-state index in [0.717, 1.165) is 16.5 Å². The van der Waals surface area contributed by atoms with Crippen molar-refractivity contribution >= 4 is 45.5 Å². The number of anilines is 2. The first-order valence-corrected chi connectivity index (χ1v) is 13.2. The van der Waals surface area contributed by atoms with Gasteiger partial charge in [0.15, 0.2) is 11.4 Å². The van der Waals surface area contributed by atoms with Crippen molar-refractivity contribution in [1.82, 2.24) is 9.97 Å². The zero-order valence-electron chi connectivity index (χ0n) is 22.4. The summed E-state index contributed by atoms with van der Waals surface area (Å²) in [6.45, 7) is 2.09. The number of aliphatic carboxylic acids is 1. The molecule has 208 valence electrons. The van der Waals surface area contributed by atoms with E-state index >= 15 is 0 Å². The van der Waals surface area contributed by atoms with Crippen LogP contribution in [0, 0.1) is 18.7 Å². The number of carbonyl (C=O) groups is 2. The fourth-order valence-corrected chi connectivity index (χ4v) is 5.53. The van der Waals surface area contributed by atoms with Crippen LogP contribution in [-0.4, -0.2) is 46.6 Å². The predicted molar refractivity (Wildman–Crippen MR) is 153 cm³/mol. The molecule has 1 aliphatic heterocycles. The maximum atomic E-state index is 13.6. The lowest BCUT2D eigenvalue weighted by atomic mass is 10.0. The van der Waals surface area contributed by atoms with Crippen molar-refractivity contribution in [3.8, 4) is 16.9 Å². The van der Waals surface area contributed by atoms with Crippen LogP contribution >= 0.6 is 0 Å². The van der Waals surface area contributed by atoms with E-state index < -0.39 is 12.0 Å². The third-order valence-corrected chi connectivity index (χ3v) is 7.38. The van der Waals surface area contributed by atoms with Gasteiger partial charge in [-0.2, -0.15) is 0 Å². The van der Waals surface area contributed by atoms with Gasteiger partial charge in [0.25, 0.3) is 0 Å². The fraction of sp³-hybridized carbons (Fsp3) is 0.226. The number of ether oxygens (including phenoxy) is 1. The maximum Gasteiger partial charge on any atom is 0.326 e. The van der Waals surface area contributed by atoms with Gasteiger partial charge in [0.2, 0.25) is 5.91 Å². The number of amides is 1. The number of methoxy groups -OCH3 is 1. The van der Waals surface area contributed by atoms with Gasteiger partial charge in [0, 0.05) is 35.7 Å². The van der Waals surface area contributed by atoms with Crippen LogP contribution in [0.5, 0.6) is 5.75 Å². The minimum atomic E-state index is -0.986. The quantitative estimate of drug-likeness (QED) is 0.259. The van der Waals surface area contributed by atoms with Crippen LogP contribution in [0.25, 0.3) is 33.2 Å². The molecule has 2 N–H and O–H groups in total. The third-order valence-electron chi connectivity index (χ3n) is 7.38. The van der Waals surface area contributed by atoms with Crippen molar-refractivity contribution in [3.63, 3.8) is 0 Å². The minimum absolute atomic E-state index is 0.140. The van der Waals surface area contributed by atoms with Crippen LogP contribution in [0.4, 0.5) is 15.9 Å². The summed E-state index contributed by atoms with van der Waals surface area (Å²) in [4.78, 5) is 36.1. The van der Waals surface area contributed by atoms with Gasteiger partial charge in [-0.25, -0.2) is 19.2 Å². The molecular formula is C31H27FN4O5. The Morgan fingerprint density at radius 2 is 1.90 bits per heavy atom. The molecule has 0 bridgehead atoms. The van der Waals surface area contributed by atoms with Gasteiger partial charge in [-0.15, -0.1) is 0 Å². The van der Waals surface area contributed by atoms with Gasteiger partial charge in [0.05, 0.1) is 7.11 Å². The van der Waals surface area contributed by atoms with Crippen molar-refractivity contribution in [2.45, 2.75) is 25.8 Å². The molecule has 0 unspecified atom stereocenters. The Kier molecular flexibility index (Phi) is 6.74. The van der Waals surface area contributed by atoms with Crippen LogP contribution < -0.4 is 15.0 Å². The van der Waals surface area contributed by atoms with Gasteiger partial charge in [-0.1, -0.05) is 24.3 Å². The van der Waals surface area contributed by atoms with Crippen molar-refractivity contribution in [2.75, 3.05) is 23.9 Å². The Labute approximate surface area is 234 Å². The summed E-state index contributed by atoms with van der Waals surface area (Å²) in [5.74, 6) is -0.465. The highest BCUT2D eigenvalue weighted by Gasteiger charge is 2.40. The molecule has 5 aromatic rings. The Hall–Kier alpha value is -4.99. The van der Waals surface area contributed by atoms with E-state index in [0.29, 0.717) is 46.3 Å². The summed E-state index contributed by atoms with van der Waals surface area (Å²) in [6.07, 6.45) is 0.429. The number of hydrogen-bond donors (Lipinski definition) is 2. The summed E-state index contributed by atoms with van der Waals surface area (Å²) in [7, 11) is 1.48. The Morgan fingerprint density at radius 3 is 2.66 bits per heavy atom. The molecule has 10 heteroatoms. The Morgan fingerprint density at radius 1 is 1.12 bits per heavy atom. The van der Waals surface area contributed by atoms with Crippen LogP contribution in [0.1, 0.15) is 18.7 Å². The van der Waals surface area contributed by atoms with Crippen LogP contribution in [0.2, 0.25) is 0 Å². The highest BCUT2D eigenvalue weighted by atomic mass is 19.1. The van der Waals surface area contributed by atoms with E-state index in [-0.39, 0.29) is 30.5 Å². The molecule has 3 aromatic carbocycles. The Bertz CT molecular complexity index is 1790. The van der Waals surface area contributed by atoms with Crippen molar-refractivity contribution < 1.29 is 28.2 Å². The SMILES string of the molecule is COc1cc(F)ccc1-c1ccc(NC(=O)C[C@H]2C[C@@H](C(=O)O)N(c3nc(C)nc4c3oc3ccccc34)C2)cc1. The monoisotopic (exact) mass is 554 g/mol. The Balaban J connectivity index is 1.19. The summed E-state index contributed by atoms with van der Waals surface area (Å²) in [5, 5.41) is 13.8. The second kappa shape index (κ2) is 10.5. The number of nitrogens with one attached hydrogen (secondary N) is 1. The van der Waals surface area contributed by atoms with Gasteiger partial charge >= 0.3 is 5.97 Å². The van der Waals surface area contributed by atoms with E-state index in [2.05, 4.69) is 15.3 Å². The average Bonchev–Trinajstić information content (AvgIpc) is 3.55. The summed E-state index contributed by atoms with van der Waals surface area (Å²) in [5.41, 5.74) is 3.86. The topological polar surface area (TPSA) is 118 Å². The average molecular weight is 555 g/mol. The molecule has 1 aliphatic rings. The number of carbonyl (C=O) groups excluding carboxylic acids is 1. The number of rotatable bonds is 7. The second-order valence-electron chi connectivity index (χ2n) is 10.2.